The number of aliphatic hydroxyl groups excluding tert-OH is 1. The van der Waals surface area contributed by atoms with E-state index in [1.807, 2.05) is 69.3 Å². The Bertz CT molecular complexity index is 1360. The number of amides is 1. The van der Waals surface area contributed by atoms with Crippen molar-refractivity contribution in [2.45, 2.75) is 53.0 Å². The van der Waals surface area contributed by atoms with Crippen molar-refractivity contribution in [3.05, 3.63) is 100 Å². The van der Waals surface area contributed by atoms with Gasteiger partial charge in [0.05, 0.1) is 18.2 Å². The molecule has 0 spiro atoms. The molecule has 186 valence electrons. The van der Waals surface area contributed by atoms with E-state index in [9.17, 15) is 14.7 Å². The van der Waals surface area contributed by atoms with Gasteiger partial charge in [0.2, 0.25) is 0 Å². The van der Waals surface area contributed by atoms with Crippen molar-refractivity contribution in [3.8, 4) is 5.75 Å². The maximum absolute atomic E-state index is 13.5. The number of rotatable bonds is 5. The molecule has 4 rings (SSSR count). The van der Waals surface area contributed by atoms with Crippen molar-refractivity contribution in [2.75, 3.05) is 11.5 Å². The molecule has 1 aliphatic heterocycles. The predicted molar refractivity (Wildman–Crippen MR) is 143 cm³/mol. The molecule has 1 fully saturated rings. The average Bonchev–Trinajstić information content (AvgIpc) is 3.09. The zero-order valence-electron chi connectivity index (χ0n) is 21.8. The van der Waals surface area contributed by atoms with Crippen LogP contribution in [0.5, 0.6) is 5.75 Å². The van der Waals surface area contributed by atoms with E-state index >= 15 is 0 Å². The molecule has 36 heavy (non-hydrogen) atoms. The van der Waals surface area contributed by atoms with E-state index in [4.69, 9.17) is 4.74 Å². The molecule has 0 saturated carbocycles. The first-order valence-corrected chi connectivity index (χ1v) is 12.2. The molecule has 0 aromatic heterocycles. The highest BCUT2D eigenvalue weighted by Crippen LogP contribution is 2.43. The summed E-state index contributed by atoms with van der Waals surface area (Å²) in [6, 6.07) is 19.9. The van der Waals surface area contributed by atoms with E-state index in [2.05, 4.69) is 20.8 Å². The predicted octanol–water partition coefficient (Wildman–Crippen LogP) is 6.63. The SMILES string of the molecule is CCOc1cccc(N2C(=O)C(=O)/C(=C(/O)c3cc(C(C)(C)C)ccc3C)C2c2cccc(C)c2)c1. The molecule has 1 heterocycles. The van der Waals surface area contributed by atoms with E-state index in [0.29, 0.717) is 23.6 Å². The number of aliphatic hydroxyl groups is 1. The molecule has 0 bridgehead atoms. The average molecular weight is 484 g/mol. The summed E-state index contributed by atoms with van der Waals surface area (Å²) in [5, 5.41) is 11.6. The normalized spacial score (nSPS) is 17.5. The Morgan fingerprint density at radius 2 is 1.69 bits per heavy atom. The number of anilines is 1. The maximum Gasteiger partial charge on any atom is 0.300 e. The van der Waals surface area contributed by atoms with Gasteiger partial charge in [-0.1, -0.05) is 68.8 Å². The molecule has 5 nitrogen and oxygen atoms in total. The fourth-order valence-corrected chi connectivity index (χ4v) is 4.63. The zero-order valence-corrected chi connectivity index (χ0v) is 21.8. The van der Waals surface area contributed by atoms with E-state index in [-0.39, 0.29) is 16.7 Å². The minimum absolute atomic E-state index is 0.0848. The Labute approximate surface area is 213 Å². The number of benzene rings is 3. The van der Waals surface area contributed by atoms with Crippen LogP contribution < -0.4 is 9.64 Å². The van der Waals surface area contributed by atoms with Crippen LogP contribution in [0.3, 0.4) is 0 Å². The molecular weight excluding hydrogens is 450 g/mol. The topological polar surface area (TPSA) is 66.8 Å². The summed E-state index contributed by atoms with van der Waals surface area (Å²) in [6.07, 6.45) is 0. The molecule has 1 saturated heterocycles. The largest absolute Gasteiger partial charge is 0.507 e. The molecule has 0 radical (unpaired) electrons. The highest BCUT2D eigenvalue weighted by molar-refractivity contribution is 6.51. The van der Waals surface area contributed by atoms with Gasteiger partial charge < -0.3 is 9.84 Å². The second kappa shape index (κ2) is 9.65. The molecule has 1 unspecified atom stereocenters. The van der Waals surface area contributed by atoms with Crippen LogP contribution in [0.2, 0.25) is 0 Å². The summed E-state index contributed by atoms with van der Waals surface area (Å²) in [4.78, 5) is 28.5. The third-order valence-electron chi connectivity index (χ3n) is 6.57. The van der Waals surface area contributed by atoms with Gasteiger partial charge >= 0.3 is 0 Å². The lowest BCUT2D eigenvalue weighted by atomic mass is 9.84. The monoisotopic (exact) mass is 483 g/mol. The lowest BCUT2D eigenvalue weighted by molar-refractivity contribution is -0.132. The van der Waals surface area contributed by atoms with E-state index < -0.39 is 17.7 Å². The third-order valence-corrected chi connectivity index (χ3v) is 6.57. The van der Waals surface area contributed by atoms with Crippen LogP contribution in [0.4, 0.5) is 5.69 Å². The van der Waals surface area contributed by atoms with Gasteiger partial charge in [-0.05, 0) is 61.1 Å². The number of nitrogens with zero attached hydrogens (tertiary/aromatic N) is 1. The smallest absolute Gasteiger partial charge is 0.300 e. The van der Waals surface area contributed by atoms with E-state index in [1.54, 1.807) is 18.2 Å². The molecule has 1 atom stereocenters. The molecule has 5 heteroatoms. The van der Waals surface area contributed by atoms with Gasteiger partial charge in [0.25, 0.3) is 11.7 Å². The quantitative estimate of drug-likeness (QED) is 0.251. The van der Waals surface area contributed by atoms with Crippen LogP contribution in [0.25, 0.3) is 5.76 Å². The first-order chi connectivity index (χ1) is 17.0. The maximum atomic E-state index is 13.5. The van der Waals surface area contributed by atoms with Gasteiger partial charge in [0.15, 0.2) is 0 Å². The Kier molecular flexibility index (Phi) is 6.77. The van der Waals surface area contributed by atoms with Crippen LogP contribution in [0.1, 0.15) is 61.6 Å². The van der Waals surface area contributed by atoms with Crippen molar-refractivity contribution in [1.82, 2.24) is 0 Å². The second-order valence-corrected chi connectivity index (χ2v) is 10.3. The summed E-state index contributed by atoms with van der Waals surface area (Å²) >= 11 is 0. The van der Waals surface area contributed by atoms with Crippen molar-refractivity contribution >= 4 is 23.1 Å². The molecular formula is C31H33NO4. The van der Waals surface area contributed by atoms with Gasteiger partial charge in [0.1, 0.15) is 11.5 Å². The van der Waals surface area contributed by atoms with Gasteiger partial charge in [-0.2, -0.15) is 0 Å². The van der Waals surface area contributed by atoms with Crippen molar-refractivity contribution < 1.29 is 19.4 Å². The van der Waals surface area contributed by atoms with Gasteiger partial charge in [-0.3, -0.25) is 14.5 Å². The molecule has 3 aromatic rings. The Morgan fingerprint density at radius 3 is 2.36 bits per heavy atom. The number of ketones is 1. The number of hydrogen-bond donors (Lipinski definition) is 1. The van der Waals surface area contributed by atoms with Gasteiger partial charge in [-0.25, -0.2) is 0 Å². The molecule has 3 aromatic carbocycles. The lowest BCUT2D eigenvalue weighted by Gasteiger charge is -2.26. The minimum Gasteiger partial charge on any atom is -0.507 e. The van der Waals surface area contributed by atoms with E-state index in [1.165, 1.54) is 4.90 Å². The van der Waals surface area contributed by atoms with Crippen LogP contribution in [-0.4, -0.2) is 23.4 Å². The number of aryl methyl sites for hydroxylation is 2. The summed E-state index contributed by atoms with van der Waals surface area (Å²) in [5.74, 6) is -0.941. The minimum atomic E-state index is -0.778. The highest BCUT2D eigenvalue weighted by atomic mass is 16.5. The first-order valence-electron chi connectivity index (χ1n) is 12.2. The number of Topliss-reactive ketones (excluding diaryl/α,β-unsaturated/α-hetero) is 1. The van der Waals surface area contributed by atoms with Crippen molar-refractivity contribution in [2.24, 2.45) is 0 Å². The van der Waals surface area contributed by atoms with Crippen LogP contribution in [0, 0.1) is 13.8 Å². The second-order valence-electron chi connectivity index (χ2n) is 10.3. The number of ether oxygens (including phenoxy) is 1. The number of carbonyl (C=O) groups excluding carboxylic acids is 2. The number of carbonyl (C=O) groups is 2. The number of hydrogen-bond acceptors (Lipinski definition) is 4. The van der Waals surface area contributed by atoms with Gasteiger partial charge in [0, 0.05) is 17.3 Å². The Hall–Kier alpha value is -3.86. The molecule has 0 aliphatic carbocycles. The molecule has 1 amide bonds. The first kappa shape index (κ1) is 25.2. The van der Waals surface area contributed by atoms with Crippen molar-refractivity contribution in [3.63, 3.8) is 0 Å². The standard InChI is InChI=1S/C31H33NO4/c1-7-36-24-13-9-12-23(18-24)32-27(21-11-8-10-19(2)16-21)26(29(34)30(32)35)28(33)25-17-22(31(4,5)6)15-14-20(25)3/h8-18,27,33H,7H2,1-6H3/b28-26+. The zero-order chi connectivity index (χ0) is 26.2. The van der Waals surface area contributed by atoms with Crippen molar-refractivity contribution in [1.29, 1.82) is 0 Å². The highest BCUT2D eigenvalue weighted by Gasteiger charge is 2.47. The molecule has 1 aliphatic rings. The van der Waals surface area contributed by atoms with Crippen LogP contribution in [0.15, 0.2) is 72.3 Å². The van der Waals surface area contributed by atoms with Crippen LogP contribution in [-0.2, 0) is 15.0 Å². The van der Waals surface area contributed by atoms with Gasteiger partial charge in [-0.15, -0.1) is 0 Å². The fourth-order valence-electron chi connectivity index (χ4n) is 4.63. The Balaban J connectivity index is 1.97. The summed E-state index contributed by atoms with van der Waals surface area (Å²) in [6.45, 7) is 12.5. The third kappa shape index (κ3) is 4.66. The fraction of sp³-hybridized carbons (Fsp3) is 0.290. The Morgan fingerprint density at radius 1 is 0.972 bits per heavy atom. The summed E-state index contributed by atoms with van der Waals surface area (Å²) in [7, 11) is 0. The molecule has 1 N–H and O–H groups in total. The van der Waals surface area contributed by atoms with E-state index in [0.717, 1.165) is 22.3 Å². The van der Waals surface area contributed by atoms with Crippen LogP contribution >= 0.6 is 0 Å². The summed E-state index contributed by atoms with van der Waals surface area (Å²) in [5.41, 5.74) is 4.63. The lowest BCUT2D eigenvalue weighted by Crippen LogP contribution is -2.29. The summed E-state index contributed by atoms with van der Waals surface area (Å²) < 4.78 is 5.65.